The number of thioether (sulfide) groups is 1. The second-order valence-electron chi connectivity index (χ2n) is 9.91. The summed E-state index contributed by atoms with van der Waals surface area (Å²) in [7, 11) is 0. The van der Waals surface area contributed by atoms with E-state index in [1.807, 2.05) is 59.4 Å². The van der Waals surface area contributed by atoms with Crippen LogP contribution in [0.15, 0.2) is 59.6 Å². The maximum absolute atomic E-state index is 13.1. The van der Waals surface area contributed by atoms with Crippen LogP contribution in [0.3, 0.4) is 0 Å². The van der Waals surface area contributed by atoms with Crippen LogP contribution >= 0.6 is 24.0 Å². The smallest absolute Gasteiger partial charge is 0.266 e. The number of aromatic nitrogens is 2. The molecule has 0 spiro atoms. The summed E-state index contributed by atoms with van der Waals surface area (Å²) in [6.07, 6.45) is 4.91. The third kappa shape index (κ3) is 6.08. The lowest BCUT2D eigenvalue weighted by Gasteiger charge is -2.16. The van der Waals surface area contributed by atoms with Crippen molar-refractivity contribution in [3.63, 3.8) is 0 Å². The van der Waals surface area contributed by atoms with Crippen molar-refractivity contribution in [2.75, 3.05) is 13.2 Å². The van der Waals surface area contributed by atoms with Gasteiger partial charge in [-0.25, -0.2) is 4.68 Å². The summed E-state index contributed by atoms with van der Waals surface area (Å²) in [5.41, 5.74) is 4.67. The van der Waals surface area contributed by atoms with Crippen molar-refractivity contribution in [2.24, 2.45) is 11.8 Å². The highest BCUT2D eigenvalue weighted by molar-refractivity contribution is 8.26. The van der Waals surface area contributed by atoms with E-state index in [0.717, 1.165) is 40.2 Å². The fourth-order valence-corrected chi connectivity index (χ4v) is 5.22. The average Bonchev–Trinajstić information content (AvgIpc) is 3.37. The number of thiocarbonyl (C=S) groups is 1. The van der Waals surface area contributed by atoms with Gasteiger partial charge >= 0.3 is 0 Å². The van der Waals surface area contributed by atoms with Gasteiger partial charge < -0.3 is 4.74 Å². The fourth-order valence-electron chi connectivity index (χ4n) is 3.96. The number of amides is 1. The third-order valence-corrected chi connectivity index (χ3v) is 7.25. The van der Waals surface area contributed by atoms with Gasteiger partial charge in [-0.3, -0.25) is 9.69 Å². The van der Waals surface area contributed by atoms with E-state index in [-0.39, 0.29) is 5.91 Å². The van der Waals surface area contributed by atoms with E-state index >= 15 is 0 Å². The van der Waals surface area contributed by atoms with Gasteiger partial charge in [-0.15, -0.1) is 0 Å². The highest BCUT2D eigenvalue weighted by Crippen LogP contribution is 2.36. The van der Waals surface area contributed by atoms with E-state index in [9.17, 15) is 4.79 Å². The molecule has 1 aliphatic heterocycles. The van der Waals surface area contributed by atoms with Crippen molar-refractivity contribution in [1.82, 2.24) is 14.7 Å². The molecule has 0 aliphatic carbocycles. The molecular formula is C29H33N3O2S2. The van der Waals surface area contributed by atoms with E-state index in [1.54, 1.807) is 4.90 Å². The topological polar surface area (TPSA) is 47.4 Å². The largest absolute Gasteiger partial charge is 0.493 e. The van der Waals surface area contributed by atoms with E-state index in [1.165, 1.54) is 11.8 Å². The monoisotopic (exact) mass is 519 g/mol. The number of hydrogen-bond acceptors (Lipinski definition) is 5. The van der Waals surface area contributed by atoms with Gasteiger partial charge in [0, 0.05) is 23.9 Å². The lowest BCUT2D eigenvalue weighted by molar-refractivity contribution is -0.122. The molecule has 0 saturated carbocycles. The molecule has 4 rings (SSSR count). The molecule has 3 aromatic rings. The van der Waals surface area contributed by atoms with Gasteiger partial charge in [0.05, 0.1) is 17.2 Å². The zero-order valence-electron chi connectivity index (χ0n) is 21.5. The third-order valence-electron chi connectivity index (χ3n) is 5.87. The lowest BCUT2D eigenvalue weighted by atomic mass is 10.0. The number of hydrogen-bond donors (Lipinski definition) is 0. The second-order valence-corrected chi connectivity index (χ2v) is 11.6. The molecule has 1 aromatic heterocycles. The first-order chi connectivity index (χ1) is 17.2. The van der Waals surface area contributed by atoms with Crippen LogP contribution in [0.2, 0.25) is 0 Å². The van der Waals surface area contributed by atoms with Crippen LogP contribution in [-0.2, 0) is 4.79 Å². The molecule has 0 radical (unpaired) electrons. The fraction of sp³-hybridized carbons (Fsp3) is 0.345. The molecule has 1 saturated heterocycles. The number of carbonyl (C=O) groups is 1. The highest BCUT2D eigenvalue weighted by Gasteiger charge is 2.32. The van der Waals surface area contributed by atoms with Gasteiger partial charge in [0.2, 0.25) is 0 Å². The van der Waals surface area contributed by atoms with Gasteiger partial charge in [0.25, 0.3) is 5.91 Å². The Morgan fingerprint density at radius 3 is 2.50 bits per heavy atom. The molecule has 7 heteroatoms. The van der Waals surface area contributed by atoms with E-state index in [0.29, 0.717) is 34.2 Å². The zero-order valence-corrected chi connectivity index (χ0v) is 23.2. The number of carbonyl (C=O) groups excluding carboxylic acids is 1. The Bertz CT molecular complexity index is 1280. The van der Waals surface area contributed by atoms with Gasteiger partial charge in [0.15, 0.2) is 0 Å². The Kier molecular flexibility index (Phi) is 8.32. The van der Waals surface area contributed by atoms with Gasteiger partial charge in [0.1, 0.15) is 15.8 Å². The summed E-state index contributed by atoms with van der Waals surface area (Å²) >= 11 is 6.87. The molecule has 0 N–H and O–H groups in total. The molecule has 2 aromatic carbocycles. The first-order valence-corrected chi connectivity index (χ1v) is 13.6. The van der Waals surface area contributed by atoms with Crippen molar-refractivity contribution >= 4 is 40.3 Å². The van der Waals surface area contributed by atoms with Crippen molar-refractivity contribution in [3.8, 4) is 22.7 Å². The Hall–Kier alpha value is -2.90. The summed E-state index contributed by atoms with van der Waals surface area (Å²) in [5, 5.41) is 4.92. The van der Waals surface area contributed by atoms with Crippen LogP contribution in [0.4, 0.5) is 0 Å². The average molecular weight is 520 g/mol. The van der Waals surface area contributed by atoms with Crippen LogP contribution in [0.1, 0.15) is 45.2 Å². The normalized spacial score (nSPS) is 15.1. The molecule has 0 atom stereocenters. The van der Waals surface area contributed by atoms with Gasteiger partial charge in [-0.2, -0.15) is 5.10 Å². The second kappa shape index (κ2) is 11.4. The predicted octanol–water partition coefficient (Wildman–Crippen LogP) is 7.13. The SMILES string of the molecule is Cc1cc(-c2nn(-c3ccccc3)cc2C=C2SC(=S)N(CC(C)C)C2=O)ccc1OCCC(C)C. The molecule has 2 heterocycles. The molecule has 0 unspecified atom stereocenters. The van der Waals surface area contributed by atoms with Crippen LogP contribution in [0.25, 0.3) is 23.0 Å². The van der Waals surface area contributed by atoms with E-state index in [4.69, 9.17) is 22.1 Å². The predicted molar refractivity (Wildman–Crippen MR) is 153 cm³/mol. The molecule has 36 heavy (non-hydrogen) atoms. The molecule has 0 bridgehead atoms. The number of nitrogens with zero attached hydrogens (tertiary/aromatic N) is 3. The van der Waals surface area contributed by atoms with Crippen LogP contribution < -0.4 is 4.74 Å². The molecule has 188 valence electrons. The first kappa shape index (κ1) is 26.2. The highest BCUT2D eigenvalue weighted by atomic mass is 32.2. The number of para-hydroxylation sites is 1. The standard InChI is InChI=1S/C29H33N3O2S2/c1-19(2)13-14-34-25-12-11-22(15-21(25)5)27-23(18-32(30-27)24-9-7-6-8-10-24)16-26-28(33)31(17-20(3)4)29(35)36-26/h6-12,15-16,18-20H,13-14,17H2,1-5H3. The maximum atomic E-state index is 13.1. The van der Waals surface area contributed by atoms with E-state index < -0.39 is 0 Å². The quantitative estimate of drug-likeness (QED) is 0.222. The number of ether oxygens (including phenoxy) is 1. The van der Waals surface area contributed by atoms with Crippen LogP contribution in [0, 0.1) is 18.8 Å². The van der Waals surface area contributed by atoms with E-state index in [2.05, 4.69) is 40.7 Å². The minimum Gasteiger partial charge on any atom is -0.493 e. The molecule has 1 amide bonds. The summed E-state index contributed by atoms with van der Waals surface area (Å²) in [5.74, 6) is 1.79. The zero-order chi connectivity index (χ0) is 25.8. The summed E-state index contributed by atoms with van der Waals surface area (Å²) in [4.78, 5) is 15.5. The van der Waals surface area contributed by atoms with Crippen molar-refractivity contribution in [1.29, 1.82) is 0 Å². The Labute approximate surface area is 223 Å². The summed E-state index contributed by atoms with van der Waals surface area (Å²) in [6.45, 7) is 11.9. The Balaban J connectivity index is 1.71. The maximum Gasteiger partial charge on any atom is 0.266 e. The number of rotatable bonds is 9. The number of benzene rings is 2. The first-order valence-electron chi connectivity index (χ1n) is 12.4. The minimum atomic E-state index is -0.0396. The molecule has 5 nitrogen and oxygen atoms in total. The summed E-state index contributed by atoms with van der Waals surface area (Å²) < 4.78 is 8.48. The summed E-state index contributed by atoms with van der Waals surface area (Å²) in [6, 6.07) is 16.1. The van der Waals surface area contributed by atoms with Crippen molar-refractivity contribution in [2.45, 2.75) is 41.0 Å². The Morgan fingerprint density at radius 1 is 1.08 bits per heavy atom. The number of aryl methyl sites for hydroxylation is 1. The Morgan fingerprint density at radius 2 is 1.83 bits per heavy atom. The molecular weight excluding hydrogens is 486 g/mol. The van der Waals surface area contributed by atoms with Crippen molar-refractivity contribution < 1.29 is 9.53 Å². The van der Waals surface area contributed by atoms with Gasteiger partial charge in [-0.05, 0) is 67.2 Å². The van der Waals surface area contributed by atoms with Crippen LogP contribution in [0.5, 0.6) is 5.75 Å². The van der Waals surface area contributed by atoms with Crippen LogP contribution in [-0.4, -0.2) is 38.1 Å². The van der Waals surface area contributed by atoms with Gasteiger partial charge in [-0.1, -0.05) is 69.9 Å². The minimum absolute atomic E-state index is 0.0396. The molecule has 1 fully saturated rings. The lowest BCUT2D eigenvalue weighted by Crippen LogP contribution is -2.31. The molecule has 1 aliphatic rings. The van der Waals surface area contributed by atoms with Crippen molar-refractivity contribution in [3.05, 3.63) is 70.8 Å².